The van der Waals surface area contributed by atoms with Crippen molar-refractivity contribution in [2.45, 2.75) is 0 Å². The van der Waals surface area contributed by atoms with Crippen LogP contribution in [-0.4, -0.2) is 10.9 Å². The normalized spacial score (nSPS) is 10.1. The van der Waals surface area contributed by atoms with Crippen LogP contribution in [0.15, 0.2) is 29.8 Å². The minimum atomic E-state index is -1.16. The van der Waals surface area contributed by atoms with Gasteiger partial charge in [-0.05, 0) is 12.1 Å². The highest BCUT2D eigenvalue weighted by atomic mass is 32.1. The highest BCUT2D eigenvalue weighted by Crippen LogP contribution is 2.15. The summed E-state index contributed by atoms with van der Waals surface area (Å²) in [6, 6.07) is 3.44. The van der Waals surface area contributed by atoms with Crippen LogP contribution < -0.4 is 5.32 Å². The van der Waals surface area contributed by atoms with Gasteiger partial charge in [0, 0.05) is 11.6 Å². The van der Waals surface area contributed by atoms with Crippen molar-refractivity contribution in [1.29, 1.82) is 0 Å². The van der Waals surface area contributed by atoms with Gasteiger partial charge >= 0.3 is 0 Å². The molecule has 0 atom stereocenters. The van der Waals surface area contributed by atoms with Gasteiger partial charge in [0.2, 0.25) is 0 Å². The maximum atomic E-state index is 13.2. The molecule has 1 N–H and O–H groups in total. The van der Waals surface area contributed by atoms with Gasteiger partial charge in [0.15, 0.2) is 16.8 Å². The lowest BCUT2D eigenvalue weighted by Crippen LogP contribution is -2.14. The maximum absolute atomic E-state index is 13.2. The van der Waals surface area contributed by atoms with Crippen LogP contribution in [0.4, 0.5) is 13.9 Å². The van der Waals surface area contributed by atoms with Crippen LogP contribution in [-0.2, 0) is 0 Å². The zero-order valence-corrected chi connectivity index (χ0v) is 8.72. The van der Waals surface area contributed by atoms with Gasteiger partial charge in [0.05, 0.1) is 5.56 Å². The topological polar surface area (TPSA) is 42.0 Å². The molecule has 3 nitrogen and oxygen atoms in total. The predicted molar refractivity (Wildman–Crippen MR) is 56.4 cm³/mol. The number of hydrogen-bond donors (Lipinski definition) is 1. The molecule has 82 valence electrons. The van der Waals surface area contributed by atoms with E-state index in [2.05, 4.69) is 10.3 Å². The highest BCUT2D eigenvalue weighted by Gasteiger charge is 2.15. The van der Waals surface area contributed by atoms with Crippen molar-refractivity contribution in [1.82, 2.24) is 4.98 Å². The fraction of sp³-hybridized carbons (Fsp3) is 0. The first kappa shape index (κ1) is 10.7. The fourth-order valence-electron chi connectivity index (χ4n) is 1.13. The quantitative estimate of drug-likeness (QED) is 0.876. The molecular weight excluding hydrogens is 234 g/mol. The van der Waals surface area contributed by atoms with Crippen molar-refractivity contribution >= 4 is 22.4 Å². The zero-order chi connectivity index (χ0) is 11.5. The Morgan fingerprint density at radius 2 is 2.19 bits per heavy atom. The van der Waals surface area contributed by atoms with Crippen LogP contribution in [0.2, 0.25) is 0 Å². The van der Waals surface area contributed by atoms with Gasteiger partial charge in [-0.2, -0.15) is 0 Å². The van der Waals surface area contributed by atoms with E-state index in [0.717, 1.165) is 6.07 Å². The summed E-state index contributed by atoms with van der Waals surface area (Å²) in [6.07, 6.45) is 1.50. The monoisotopic (exact) mass is 240 g/mol. The van der Waals surface area contributed by atoms with Gasteiger partial charge in [-0.3, -0.25) is 10.1 Å². The number of benzene rings is 1. The Morgan fingerprint density at radius 3 is 2.88 bits per heavy atom. The minimum absolute atomic E-state index is 0.338. The third-order valence-electron chi connectivity index (χ3n) is 1.85. The molecule has 0 radical (unpaired) electrons. The number of amides is 1. The lowest BCUT2D eigenvalue weighted by atomic mass is 10.2. The molecule has 0 aliphatic rings. The van der Waals surface area contributed by atoms with Gasteiger partial charge < -0.3 is 0 Å². The van der Waals surface area contributed by atoms with Gasteiger partial charge in [-0.15, -0.1) is 11.3 Å². The van der Waals surface area contributed by atoms with E-state index in [1.807, 2.05) is 0 Å². The Balaban J connectivity index is 2.24. The second-order valence-electron chi connectivity index (χ2n) is 2.89. The summed E-state index contributed by atoms with van der Waals surface area (Å²) in [4.78, 5) is 15.3. The second-order valence-corrected chi connectivity index (χ2v) is 3.79. The average Bonchev–Trinajstić information content (AvgIpc) is 2.74. The van der Waals surface area contributed by atoms with E-state index in [0.29, 0.717) is 5.13 Å². The molecule has 1 amide bonds. The summed E-state index contributed by atoms with van der Waals surface area (Å²) in [5.41, 5.74) is -0.338. The summed E-state index contributed by atoms with van der Waals surface area (Å²) in [5, 5.41) is 4.37. The Labute approximate surface area is 93.8 Å². The van der Waals surface area contributed by atoms with Crippen LogP contribution in [0.1, 0.15) is 10.4 Å². The van der Waals surface area contributed by atoms with Gasteiger partial charge in [-0.1, -0.05) is 6.07 Å². The molecule has 0 saturated heterocycles. The van der Waals surface area contributed by atoms with Crippen molar-refractivity contribution in [3.05, 3.63) is 47.0 Å². The first-order valence-corrected chi connectivity index (χ1v) is 5.21. The number of thiazole rings is 1. The molecule has 2 aromatic rings. The molecule has 16 heavy (non-hydrogen) atoms. The third-order valence-corrected chi connectivity index (χ3v) is 2.54. The molecule has 6 heteroatoms. The Kier molecular flexibility index (Phi) is 2.91. The molecule has 0 fully saturated rings. The number of carbonyl (C=O) groups is 1. The molecule has 2 rings (SSSR count). The SMILES string of the molecule is O=C(Nc1nccs1)c1cccc(F)c1F. The van der Waals surface area contributed by atoms with Gasteiger partial charge in [-0.25, -0.2) is 13.8 Å². The number of aromatic nitrogens is 1. The number of halogens is 2. The largest absolute Gasteiger partial charge is 0.298 e. The Morgan fingerprint density at radius 1 is 1.38 bits per heavy atom. The molecule has 1 aromatic carbocycles. The predicted octanol–water partition coefficient (Wildman–Crippen LogP) is 2.67. The number of carbonyl (C=O) groups excluding carboxylic acids is 1. The Bertz CT molecular complexity index is 514. The van der Waals surface area contributed by atoms with E-state index < -0.39 is 17.5 Å². The van der Waals surface area contributed by atoms with Crippen molar-refractivity contribution in [2.24, 2.45) is 0 Å². The number of rotatable bonds is 2. The van der Waals surface area contributed by atoms with E-state index in [4.69, 9.17) is 0 Å². The molecule has 0 saturated carbocycles. The first-order chi connectivity index (χ1) is 7.68. The Hall–Kier alpha value is -1.82. The lowest BCUT2D eigenvalue weighted by Gasteiger charge is -2.03. The van der Waals surface area contributed by atoms with Crippen LogP contribution >= 0.6 is 11.3 Å². The van der Waals surface area contributed by atoms with Crippen molar-refractivity contribution in [3.63, 3.8) is 0 Å². The fourth-order valence-corrected chi connectivity index (χ4v) is 1.65. The highest BCUT2D eigenvalue weighted by molar-refractivity contribution is 7.13. The number of anilines is 1. The van der Waals surface area contributed by atoms with E-state index >= 15 is 0 Å². The van der Waals surface area contributed by atoms with E-state index in [-0.39, 0.29) is 5.56 Å². The lowest BCUT2D eigenvalue weighted by molar-refractivity contribution is 0.102. The zero-order valence-electron chi connectivity index (χ0n) is 7.91. The van der Waals surface area contributed by atoms with Crippen molar-refractivity contribution in [2.75, 3.05) is 5.32 Å². The average molecular weight is 240 g/mol. The van der Waals surface area contributed by atoms with E-state index in [1.54, 1.807) is 5.38 Å². The molecule has 0 bridgehead atoms. The summed E-state index contributed by atoms with van der Waals surface area (Å²) in [5.74, 6) is -2.92. The van der Waals surface area contributed by atoms with Gasteiger partial charge in [0.25, 0.3) is 5.91 Å². The number of nitrogens with zero attached hydrogens (tertiary/aromatic N) is 1. The van der Waals surface area contributed by atoms with E-state index in [1.165, 1.54) is 29.7 Å². The maximum Gasteiger partial charge on any atom is 0.260 e. The molecule has 1 heterocycles. The molecule has 1 aromatic heterocycles. The standard InChI is InChI=1S/C10H6F2N2OS/c11-7-3-1-2-6(8(7)12)9(15)14-10-13-4-5-16-10/h1-5H,(H,13,14,15). The third kappa shape index (κ3) is 2.06. The summed E-state index contributed by atoms with van der Waals surface area (Å²) < 4.78 is 26.1. The van der Waals surface area contributed by atoms with Gasteiger partial charge in [0.1, 0.15) is 0 Å². The molecule has 0 unspecified atom stereocenters. The summed E-state index contributed by atoms with van der Waals surface area (Å²) in [6.45, 7) is 0. The number of hydrogen-bond acceptors (Lipinski definition) is 3. The molecule has 0 aliphatic heterocycles. The van der Waals surface area contributed by atoms with Crippen LogP contribution in [0, 0.1) is 11.6 Å². The van der Waals surface area contributed by atoms with Crippen molar-refractivity contribution in [3.8, 4) is 0 Å². The first-order valence-electron chi connectivity index (χ1n) is 4.33. The van der Waals surface area contributed by atoms with E-state index in [9.17, 15) is 13.6 Å². The smallest absolute Gasteiger partial charge is 0.260 e. The summed E-state index contributed by atoms with van der Waals surface area (Å²) >= 11 is 1.20. The minimum Gasteiger partial charge on any atom is -0.298 e. The van der Waals surface area contributed by atoms with Crippen LogP contribution in [0.3, 0.4) is 0 Å². The molecule has 0 spiro atoms. The number of nitrogens with one attached hydrogen (secondary N) is 1. The van der Waals surface area contributed by atoms with Crippen LogP contribution in [0.5, 0.6) is 0 Å². The molecule has 0 aliphatic carbocycles. The molecular formula is C10H6F2N2OS. The van der Waals surface area contributed by atoms with Crippen molar-refractivity contribution < 1.29 is 13.6 Å². The summed E-state index contributed by atoms with van der Waals surface area (Å²) in [7, 11) is 0. The second kappa shape index (κ2) is 4.36. The van der Waals surface area contributed by atoms with Crippen LogP contribution in [0.25, 0.3) is 0 Å².